The van der Waals surface area contributed by atoms with Gasteiger partial charge in [0.2, 0.25) is 0 Å². The maximum Gasteiger partial charge on any atom is 0.320 e. The number of hydrogen-bond acceptors (Lipinski definition) is 6. The Labute approximate surface area is 129 Å². The molecule has 0 bridgehead atoms. The molecule has 6 nitrogen and oxygen atoms in total. The predicted molar refractivity (Wildman–Crippen MR) is 77.8 cm³/mol. The Morgan fingerprint density at radius 2 is 1.27 bits per heavy atom. The Balaban J connectivity index is 2.96. The van der Waals surface area contributed by atoms with Crippen molar-refractivity contribution in [2.75, 3.05) is 13.2 Å². The van der Waals surface area contributed by atoms with E-state index in [2.05, 4.69) is 13.2 Å². The second-order valence-corrected chi connectivity index (χ2v) is 5.64. The van der Waals surface area contributed by atoms with Gasteiger partial charge in [-0.3, -0.25) is 19.2 Å². The van der Waals surface area contributed by atoms with Crippen molar-refractivity contribution in [3.05, 3.63) is 25.3 Å². The molecule has 0 radical (unpaired) electrons. The lowest BCUT2D eigenvalue weighted by atomic mass is 9.63. The molecule has 0 saturated heterocycles. The van der Waals surface area contributed by atoms with Crippen LogP contribution in [-0.2, 0) is 28.7 Å². The maximum absolute atomic E-state index is 12.4. The lowest BCUT2D eigenvalue weighted by Gasteiger charge is -2.37. The highest BCUT2D eigenvalue weighted by atomic mass is 16.5. The first-order chi connectivity index (χ1) is 10.2. The standard InChI is InChI=1S/C16H20O6/c1-5-7-21-13(19)15(3)9-12(18)16(4,10-11(15)17)14(20)22-8-6-2/h5-6H,1-2,7-10H2,3-4H3. The van der Waals surface area contributed by atoms with Gasteiger partial charge in [-0.2, -0.15) is 0 Å². The molecule has 0 aromatic rings. The SMILES string of the molecule is C=CCOC(=O)C1(C)CC(=O)C(C)(C(=O)OCC=C)CC1=O. The van der Waals surface area contributed by atoms with Crippen molar-refractivity contribution in [3.8, 4) is 0 Å². The molecule has 0 aromatic carbocycles. The number of Topliss-reactive ketones (excluding diaryl/α,β-unsaturated/α-hetero) is 2. The Kier molecular flexibility index (Phi) is 5.41. The largest absolute Gasteiger partial charge is 0.461 e. The maximum atomic E-state index is 12.4. The van der Waals surface area contributed by atoms with E-state index >= 15 is 0 Å². The van der Waals surface area contributed by atoms with E-state index in [1.54, 1.807) is 0 Å². The van der Waals surface area contributed by atoms with Gasteiger partial charge in [0.05, 0.1) is 0 Å². The van der Waals surface area contributed by atoms with Crippen LogP contribution in [-0.4, -0.2) is 36.7 Å². The molecule has 2 unspecified atom stereocenters. The zero-order valence-electron chi connectivity index (χ0n) is 12.8. The van der Waals surface area contributed by atoms with Crippen molar-refractivity contribution < 1.29 is 28.7 Å². The van der Waals surface area contributed by atoms with E-state index in [0.29, 0.717) is 0 Å². The van der Waals surface area contributed by atoms with Crippen LogP contribution in [0.3, 0.4) is 0 Å². The van der Waals surface area contributed by atoms with E-state index in [-0.39, 0.29) is 26.1 Å². The van der Waals surface area contributed by atoms with Gasteiger partial charge in [-0.1, -0.05) is 25.3 Å². The van der Waals surface area contributed by atoms with Crippen LogP contribution in [0.5, 0.6) is 0 Å². The normalized spacial score (nSPS) is 27.9. The lowest BCUT2D eigenvalue weighted by Crippen LogP contribution is -2.53. The highest BCUT2D eigenvalue weighted by molar-refractivity contribution is 6.17. The number of ether oxygens (including phenoxy) is 2. The van der Waals surface area contributed by atoms with Crippen LogP contribution >= 0.6 is 0 Å². The van der Waals surface area contributed by atoms with Crippen LogP contribution in [0, 0.1) is 10.8 Å². The Morgan fingerprint density at radius 1 is 0.955 bits per heavy atom. The minimum Gasteiger partial charge on any atom is -0.461 e. The first-order valence-corrected chi connectivity index (χ1v) is 6.85. The molecule has 1 fully saturated rings. The molecule has 22 heavy (non-hydrogen) atoms. The summed E-state index contributed by atoms with van der Waals surface area (Å²) in [5.41, 5.74) is -3.14. The van der Waals surface area contributed by atoms with Crippen LogP contribution in [0.15, 0.2) is 25.3 Å². The molecule has 0 amide bonds. The molecule has 0 heterocycles. The van der Waals surface area contributed by atoms with E-state index in [1.165, 1.54) is 26.0 Å². The Bertz CT molecular complexity index is 487. The smallest absolute Gasteiger partial charge is 0.320 e. The van der Waals surface area contributed by atoms with Gasteiger partial charge in [0.1, 0.15) is 24.0 Å². The topological polar surface area (TPSA) is 86.7 Å². The fraction of sp³-hybridized carbons (Fsp3) is 0.500. The predicted octanol–water partition coefficient (Wildman–Crippen LogP) is 1.39. The van der Waals surface area contributed by atoms with Gasteiger partial charge in [0, 0.05) is 12.8 Å². The number of ketones is 2. The third-order valence-electron chi connectivity index (χ3n) is 3.82. The van der Waals surface area contributed by atoms with Gasteiger partial charge in [-0.15, -0.1) is 0 Å². The minimum absolute atomic E-state index is 0.0471. The van der Waals surface area contributed by atoms with E-state index < -0.39 is 34.3 Å². The Hall–Kier alpha value is -2.24. The first-order valence-electron chi connectivity index (χ1n) is 6.85. The van der Waals surface area contributed by atoms with Crippen LogP contribution in [0.1, 0.15) is 26.7 Å². The van der Waals surface area contributed by atoms with Gasteiger partial charge in [-0.25, -0.2) is 0 Å². The van der Waals surface area contributed by atoms with Crippen molar-refractivity contribution in [1.29, 1.82) is 0 Å². The number of hydrogen-bond donors (Lipinski definition) is 0. The third kappa shape index (κ3) is 3.16. The average Bonchev–Trinajstić information content (AvgIpc) is 2.48. The summed E-state index contributed by atoms with van der Waals surface area (Å²) in [4.78, 5) is 48.7. The molecular formula is C16H20O6. The summed E-state index contributed by atoms with van der Waals surface area (Å²) in [5, 5.41) is 0. The Morgan fingerprint density at radius 3 is 1.55 bits per heavy atom. The van der Waals surface area contributed by atoms with Gasteiger partial charge >= 0.3 is 11.9 Å². The number of carbonyl (C=O) groups is 4. The summed E-state index contributed by atoms with van der Waals surface area (Å²) in [6.45, 7) is 9.44. The average molecular weight is 308 g/mol. The van der Waals surface area contributed by atoms with E-state index in [0.717, 1.165) is 0 Å². The number of carbonyl (C=O) groups excluding carboxylic acids is 4. The molecule has 0 spiro atoms. The van der Waals surface area contributed by atoms with E-state index in [4.69, 9.17) is 9.47 Å². The summed E-state index contributed by atoms with van der Waals surface area (Å²) in [6, 6.07) is 0. The lowest BCUT2D eigenvalue weighted by molar-refractivity contribution is -0.173. The van der Waals surface area contributed by atoms with Crippen molar-refractivity contribution in [1.82, 2.24) is 0 Å². The third-order valence-corrected chi connectivity index (χ3v) is 3.82. The monoisotopic (exact) mass is 308 g/mol. The van der Waals surface area contributed by atoms with Gasteiger partial charge < -0.3 is 9.47 Å². The molecule has 1 aliphatic rings. The second kappa shape index (κ2) is 6.68. The summed E-state index contributed by atoms with van der Waals surface area (Å²) in [6.07, 6.45) is 1.96. The molecule has 1 saturated carbocycles. The molecular weight excluding hydrogens is 288 g/mol. The van der Waals surface area contributed by atoms with Crippen LogP contribution < -0.4 is 0 Å². The van der Waals surface area contributed by atoms with Crippen LogP contribution in [0.2, 0.25) is 0 Å². The van der Waals surface area contributed by atoms with Crippen LogP contribution in [0.25, 0.3) is 0 Å². The molecule has 0 aromatic heterocycles. The minimum atomic E-state index is -1.57. The van der Waals surface area contributed by atoms with Crippen molar-refractivity contribution in [3.63, 3.8) is 0 Å². The van der Waals surface area contributed by atoms with E-state index in [9.17, 15) is 19.2 Å². The first kappa shape index (κ1) is 17.8. The van der Waals surface area contributed by atoms with Gasteiger partial charge in [0.15, 0.2) is 11.6 Å². The number of rotatable bonds is 6. The van der Waals surface area contributed by atoms with Crippen molar-refractivity contribution >= 4 is 23.5 Å². The highest BCUT2D eigenvalue weighted by Crippen LogP contribution is 2.41. The van der Waals surface area contributed by atoms with E-state index in [1.807, 2.05) is 0 Å². The summed E-state index contributed by atoms with van der Waals surface area (Å²) < 4.78 is 9.77. The molecule has 1 rings (SSSR count). The molecule has 2 atom stereocenters. The molecule has 1 aliphatic carbocycles. The van der Waals surface area contributed by atoms with Gasteiger partial charge in [0.25, 0.3) is 0 Å². The zero-order valence-corrected chi connectivity index (χ0v) is 12.8. The summed E-state index contributed by atoms with van der Waals surface area (Å²) in [5.74, 6) is -2.60. The molecule has 0 aliphatic heterocycles. The fourth-order valence-electron chi connectivity index (χ4n) is 2.19. The zero-order chi connectivity index (χ0) is 17.0. The van der Waals surface area contributed by atoms with Gasteiger partial charge in [-0.05, 0) is 13.8 Å². The molecule has 0 N–H and O–H groups in total. The van der Waals surface area contributed by atoms with Crippen molar-refractivity contribution in [2.24, 2.45) is 10.8 Å². The van der Waals surface area contributed by atoms with Crippen LogP contribution in [0.4, 0.5) is 0 Å². The quantitative estimate of drug-likeness (QED) is 0.419. The highest BCUT2D eigenvalue weighted by Gasteiger charge is 2.57. The number of esters is 2. The fourth-order valence-corrected chi connectivity index (χ4v) is 2.19. The summed E-state index contributed by atoms with van der Waals surface area (Å²) in [7, 11) is 0. The second-order valence-electron chi connectivity index (χ2n) is 5.64. The molecule has 120 valence electrons. The summed E-state index contributed by atoms with van der Waals surface area (Å²) >= 11 is 0. The molecule has 6 heteroatoms. The van der Waals surface area contributed by atoms with Crippen molar-refractivity contribution in [2.45, 2.75) is 26.7 Å².